The summed E-state index contributed by atoms with van der Waals surface area (Å²) in [6, 6.07) is 11.3. The molecule has 0 aliphatic rings. The van der Waals surface area contributed by atoms with E-state index in [-0.39, 0.29) is 0 Å². The molecule has 0 amide bonds. The summed E-state index contributed by atoms with van der Waals surface area (Å²) in [4.78, 5) is 4.25. The number of aryl methyl sites for hydroxylation is 1. The lowest BCUT2D eigenvalue weighted by molar-refractivity contribution is 0.215. The molecule has 1 unspecified atom stereocenters. The summed E-state index contributed by atoms with van der Waals surface area (Å²) in [5.41, 5.74) is 2.56. The number of pyridine rings is 1. The SMILES string of the molecule is CCCOc1ccc(C(O)c2ccc(C)cn2)cc1. The van der Waals surface area contributed by atoms with Gasteiger partial charge < -0.3 is 9.84 Å². The molecule has 0 spiro atoms. The lowest BCUT2D eigenvalue weighted by Gasteiger charge is -2.11. The number of hydrogen-bond acceptors (Lipinski definition) is 3. The highest BCUT2D eigenvalue weighted by Gasteiger charge is 2.11. The molecule has 0 fully saturated rings. The fourth-order valence-electron chi connectivity index (χ4n) is 1.78. The summed E-state index contributed by atoms with van der Waals surface area (Å²) >= 11 is 0. The van der Waals surface area contributed by atoms with Crippen molar-refractivity contribution < 1.29 is 9.84 Å². The standard InChI is InChI=1S/C16H19NO2/c1-3-10-19-14-7-5-13(6-8-14)16(18)15-9-4-12(2)11-17-15/h4-9,11,16,18H,3,10H2,1-2H3. The van der Waals surface area contributed by atoms with Crippen molar-refractivity contribution in [3.05, 3.63) is 59.4 Å². The van der Waals surface area contributed by atoms with E-state index in [1.54, 1.807) is 6.20 Å². The van der Waals surface area contributed by atoms with Crippen LogP contribution < -0.4 is 4.74 Å². The van der Waals surface area contributed by atoms with Gasteiger partial charge in [-0.3, -0.25) is 4.98 Å². The maximum Gasteiger partial charge on any atom is 0.121 e. The van der Waals surface area contributed by atoms with E-state index in [1.165, 1.54) is 0 Å². The number of rotatable bonds is 5. The molecule has 2 rings (SSSR count). The van der Waals surface area contributed by atoms with Crippen molar-refractivity contribution in [2.75, 3.05) is 6.61 Å². The van der Waals surface area contributed by atoms with Crippen molar-refractivity contribution in [3.63, 3.8) is 0 Å². The van der Waals surface area contributed by atoms with Gasteiger partial charge in [-0.15, -0.1) is 0 Å². The average molecular weight is 257 g/mol. The molecule has 1 N–H and O–H groups in total. The van der Waals surface area contributed by atoms with E-state index < -0.39 is 6.10 Å². The molecule has 1 heterocycles. The third-order valence-corrected chi connectivity index (χ3v) is 2.88. The number of ether oxygens (including phenoxy) is 1. The summed E-state index contributed by atoms with van der Waals surface area (Å²) in [6.07, 6.45) is 2.05. The van der Waals surface area contributed by atoms with Crippen LogP contribution in [-0.4, -0.2) is 16.7 Å². The van der Waals surface area contributed by atoms with Crippen LogP contribution in [0.2, 0.25) is 0 Å². The van der Waals surface area contributed by atoms with E-state index in [1.807, 2.05) is 43.3 Å². The zero-order valence-electron chi connectivity index (χ0n) is 11.3. The highest BCUT2D eigenvalue weighted by Crippen LogP contribution is 2.22. The molecule has 0 bridgehead atoms. The quantitative estimate of drug-likeness (QED) is 0.894. The van der Waals surface area contributed by atoms with Crippen LogP contribution in [0.4, 0.5) is 0 Å². The maximum absolute atomic E-state index is 10.2. The second kappa shape index (κ2) is 6.34. The van der Waals surface area contributed by atoms with Crippen LogP contribution in [0.3, 0.4) is 0 Å². The highest BCUT2D eigenvalue weighted by molar-refractivity contribution is 5.32. The van der Waals surface area contributed by atoms with Gasteiger partial charge in [0.1, 0.15) is 11.9 Å². The van der Waals surface area contributed by atoms with E-state index in [0.29, 0.717) is 12.3 Å². The molecule has 0 saturated heterocycles. The van der Waals surface area contributed by atoms with Gasteiger partial charge in [0.05, 0.1) is 12.3 Å². The number of benzene rings is 1. The van der Waals surface area contributed by atoms with Crippen molar-refractivity contribution >= 4 is 0 Å². The third-order valence-electron chi connectivity index (χ3n) is 2.88. The second-order valence-electron chi connectivity index (χ2n) is 4.58. The summed E-state index contributed by atoms with van der Waals surface area (Å²) < 4.78 is 5.51. The van der Waals surface area contributed by atoms with E-state index in [0.717, 1.165) is 23.3 Å². The zero-order chi connectivity index (χ0) is 13.7. The molecular weight excluding hydrogens is 238 g/mol. The van der Waals surface area contributed by atoms with Crippen LogP contribution in [0, 0.1) is 6.92 Å². The Kier molecular flexibility index (Phi) is 4.53. The van der Waals surface area contributed by atoms with Crippen LogP contribution >= 0.6 is 0 Å². The van der Waals surface area contributed by atoms with Gasteiger partial charge in [0.25, 0.3) is 0 Å². The molecule has 0 radical (unpaired) electrons. The van der Waals surface area contributed by atoms with E-state index in [2.05, 4.69) is 11.9 Å². The Morgan fingerprint density at radius 3 is 2.47 bits per heavy atom. The highest BCUT2D eigenvalue weighted by atomic mass is 16.5. The molecule has 19 heavy (non-hydrogen) atoms. The van der Waals surface area contributed by atoms with Crippen LogP contribution in [0.25, 0.3) is 0 Å². The maximum atomic E-state index is 10.2. The molecule has 2 aromatic rings. The molecule has 1 atom stereocenters. The van der Waals surface area contributed by atoms with E-state index in [9.17, 15) is 5.11 Å². The van der Waals surface area contributed by atoms with Gasteiger partial charge in [0.2, 0.25) is 0 Å². The van der Waals surface area contributed by atoms with Gasteiger partial charge in [-0.05, 0) is 42.7 Å². The minimum absolute atomic E-state index is 0.660. The first-order valence-electron chi connectivity index (χ1n) is 6.54. The van der Waals surface area contributed by atoms with Crippen LogP contribution in [-0.2, 0) is 0 Å². The Bertz CT molecular complexity index is 505. The molecule has 3 nitrogen and oxygen atoms in total. The summed E-state index contributed by atoms with van der Waals surface area (Å²) in [5, 5.41) is 10.2. The molecular formula is C16H19NO2. The number of aliphatic hydroxyl groups excluding tert-OH is 1. The Morgan fingerprint density at radius 1 is 1.16 bits per heavy atom. The number of hydrogen-bond donors (Lipinski definition) is 1. The second-order valence-corrected chi connectivity index (χ2v) is 4.58. The van der Waals surface area contributed by atoms with Gasteiger partial charge in [-0.1, -0.05) is 25.1 Å². The monoisotopic (exact) mass is 257 g/mol. The Labute approximate surface area is 113 Å². The number of aliphatic hydroxyl groups is 1. The predicted octanol–water partition coefficient (Wildman–Crippen LogP) is 3.26. The number of aromatic nitrogens is 1. The number of nitrogens with zero attached hydrogens (tertiary/aromatic N) is 1. The van der Waals surface area contributed by atoms with Crippen LogP contribution in [0.5, 0.6) is 5.75 Å². The van der Waals surface area contributed by atoms with Crippen molar-refractivity contribution in [1.29, 1.82) is 0 Å². The average Bonchev–Trinajstić information content (AvgIpc) is 2.46. The van der Waals surface area contributed by atoms with Gasteiger partial charge in [0.15, 0.2) is 0 Å². The van der Waals surface area contributed by atoms with Crippen molar-refractivity contribution in [1.82, 2.24) is 4.98 Å². The Hall–Kier alpha value is -1.87. The van der Waals surface area contributed by atoms with Gasteiger partial charge in [-0.25, -0.2) is 0 Å². The molecule has 0 saturated carbocycles. The first-order chi connectivity index (χ1) is 9.20. The summed E-state index contributed by atoms with van der Waals surface area (Å²) in [6.45, 7) is 4.76. The summed E-state index contributed by atoms with van der Waals surface area (Å²) in [5.74, 6) is 0.828. The topological polar surface area (TPSA) is 42.4 Å². The van der Waals surface area contributed by atoms with Gasteiger partial charge in [-0.2, -0.15) is 0 Å². The fourth-order valence-corrected chi connectivity index (χ4v) is 1.78. The predicted molar refractivity (Wildman–Crippen MR) is 75.3 cm³/mol. The molecule has 3 heteroatoms. The minimum atomic E-state index is -0.694. The molecule has 0 aliphatic carbocycles. The first-order valence-corrected chi connectivity index (χ1v) is 6.54. The van der Waals surface area contributed by atoms with Gasteiger partial charge >= 0.3 is 0 Å². The van der Waals surface area contributed by atoms with Crippen molar-refractivity contribution in [2.24, 2.45) is 0 Å². The van der Waals surface area contributed by atoms with E-state index in [4.69, 9.17) is 4.74 Å². The van der Waals surface area contributed by atoms with Crippen LogP contribution in [0.1, 0.15) is 36.3 Å². The third kappa shape index (κ3) is 3.55. The summed E-state index contributed by atoms with van der Waals surface area (Å²) in [7, 11) is 0. The largest absolute Gasteiger partial charge is 0.494 e. The molecule has 0 aliphatic heterocycles. The fraction of sp³-hybridized carbons (Fsp3) is 0.312. The smallest absolute Gasteiger partial charge is 0.121 e. The minimum Gasteiger partial charge on any atom is -0.494 e. The van der Waals surface area contributed by atoms with Gasteiger partial charge in [0, 0.05) is 6.20 Å². The molecule has 1 aromatic heterocycles. The zero-order valence-corrected chi connectivity index (χ0v) is 11.3. The van der Waals surface area contributed by atoms with Crippen LogP contribution in [0.15, 0.2) is 42.6 Å². The normalized spacial score (nSPS) is 12.2. The Balaban J connectivity index is 2.10. The van der Waals surface area contributed by atoms with E-state index >= 15 is 0 Å². The lowest BCUT2D eigenvalue weighted by Crippen LogP contribution is -2.02. The van der Waals surface area contributed by atoms with Crippen molar-refractivity contribution in [3.8, 4) is 5.75 Å². The molecule has 1 aromatic carbocycles. The van der Waals surface area contributed by atoms with Crippen molar-refractivity contribution in [2.45, 2.75) is 26.4 Å². The molecule has 100 valence electrons. The Morgan fingerprint density at radius 2 is 1.89 bits per heavy atom. The first kappa shape index (κ1) is 13.6. The lowest BCUT2D eigenvalue weighted by atomic mass is 10.1.